The van der Waals surface area contributed by atoms with Gasteiger partial charge in [0.2, 0.25) is 0 Å². The highest BCUT2D eigenvalue weighted by molar-refractivity contribution is 7.91. The topological polar surface area (TPSA) is 79.8 Å². The summed E-state index contributed by atoms with van der Waals surface area (Å²) in [6.45, 7) is 2.54. The normalized spacial score (nSPS) is 18.9. The number of hydrogen-bond donors (Lipinski definition) is 2. The Morgan fingerprint density at radius 3 is 2.74 bits per heavy atom. The molecular formula is C20H25N3O3S. The van der Waals surface area contributed by atoms with Crippen molar-refractivity contribution in [2.24, 2.45) is 4.99 Å². The molecule has 1 atom stereocenters. The van der Waals surface area contributed by atoms with E-state index in [0.29, 0.717) is 18.9 Å². The summed E-state index contributed by atoms with van der Waals surface area (Å²) in [7, 11) is -1.25. The zero-order valence-corrected chi connectivity index (χ0v) is 16.4. The van der Waals surface area contributed by atoms with Crippen LogP contribution in [0.15, 0.2) is 53.5 Å². The summed E-state index contributed by atoms with van der Waals surface area (Å²) in [5.41, 5.74) is 2.13. The van der Waals surface area contributed by atoms with Crippen LogP contribution in [0, 0.1) is 6.92 Å². The van der Waals surface area contributed by atoms with Crippen molar-refractivity contribution < 1.29 is 13.2 Å². The molecule has 0 saturated carbocycles. The minimum absolute atomic E-state index is 0.0972. The van der Waals surface area contributed by atoms with Gasteiger partial charge in [0, 0.05) is 25.2 Å². The number of ether oxygens (including phenoxy) is 1. The van der Waals surface area contributed by atoms with Crippen molar-refractivity contribution in [2.75, 3.05) is 18.6 Å². The number of aliphatic imine (C=N–C) groups is 1. The zero-order chi connectivity index (χ0) is 19.3. The Bertz CT molecular complexity index is 926. The first kappa shape index (κ1) is 19.2. The molecule has 1 fully saturated rings. The standard InChI is InChI=1S/C20H25N3O3S/c1-15-6-5-8-18(12-15)26-19-9-4-3-7-16(19)13-22-20(21-2)23-17-10-11-27(24,25)14-17/h3-9,12,17H,10-11,13-14H2,1-2H3,(H2,21,22,23). The third-order valence-corrected chi connectivity index (χ3v) is 6.20. The molecule has 0 aliphatic carbocycles. The first-order valence-corrected chi connectivity index (χ1v) is 10.8. The van der Waals surface area contributed by atoms with Gasteiger partial charge in [-0.05, 0) is 37.1 Å². The first-order chi connectivity index (χ1) is 12.9. The number of nitrogens with zero attached hydrogens (tertiary/aromatic N) is 1. The largest absolute Gasteiger partial charge is 0.457 e. The van der Waals surface area contributed by atoms with Gasteiger partial charge in [0.15, 0.2) is 15.8 Å². The Balaban J connectivity index is 1.63. The zero-order valence-electron chi connectivity index (χ0n) is 15.6. The van der Waals surface area contributed by atoms with E-state index in [4.69, 9.17) is 4.74 Å². The Morgan fingerprint density at radius 1 is 1.22 bits per heavy atom. The molecule has 1 aliphatic heterocycles. The van der Waals surface area contributed by atoms with Crippen LogP contribution >= 0.6 is 0 Å². The molecule has 1 saturated heterocycles. The fourth-order valence-electron chi connectivity index (χ4n) is 3.03. The SMILES string of the molecule is CN=C(NCc1ccccc1Oc1cccc(C)c1)NC1CCS(=O)(=O)C1. The van der Waals surface area contributed by atoms with E-state index in [1.807, 2.05) is 55.5 Å². The molecule has 1 heterocycles. The first-order valence-electron chi connectivity index (χ1n) is 8.95. The van der Waals surface area contributed by atoms with E-state index in [0.717, 1.165) is 22.6 Å². The molecular weight excluding hydrogens is 362 g/mol. The van der Waals surface area contributed by atoms with E-state index in [1.165, 1.54) is 0 Å². The fourth-order valence-corrected chi connectivity index (χ4v) is 4.70. The van der Waals surface area contributed by atoms with E-state index in [1.54, 1.807) is 7.05 Å². The van der Waals surface area contributed by atoms with Gasteiger partial charge in [0.25, 0.3) is 0 Å². The minimum atomic E-state index is -2.93. The second-order valence-corrected chi connectivity index (χ2v) is 8.93. The predicted octanol–water partition coefficient (Wildman–Crippen LogP) is 2.64. The maximum Gasteiger partial charge on any atom is 0.191 e. The van der Waals surface area contributed by atoms with Gasteiger partial charge in [0.1, 0.15) is 11.5 Å². The van der Waals surface area contributed by atoms with Crippen LogP contribution in [0.4, 0.5) is 0 Å². The summed E-state index contributed by atoms with van der Waals surface area (Å²) in [6.07, 6.45) is 0.607. The smallest absolute Gasteiger partial charge is 0.191 e. The quantitative estimate of drug-likeness (QED) is 0.609. The number of guanidine groups is 1. The molecule has 2 aromatic carbocycles. The Morgan fingerprint density at radius 2 is 2.04 bits per heavy atom. The van der Waals surface area contributed by atoms with Crippen LogP contribution in [0.1, 0.15) is 17.5 Å². The molecule has 2 aromatic rings. The van der Waals surface area contributed by atoms with Crippen LogP contribution in [0.2, 0.25) is 0 Å². The lowest BCUT2D eigenvalue weighted by Gasteiger charge is -2.17. The van der Waals surface area contributed by atoms with Crippen molar-refractivity contribution in [1.29, 1.82) is 0 Å². The van der Waals surface area contributed by atoms with Gasteiger partial charge < -0.3 is 15.4 Å². The molecule has 0 spiro atoms. The molecule has 1 unspecified atom stereocenters. The van der Waals surface area contributed by atoms with E-state index in [9.17, 15) is 8.42 Å². The third kappa shape index (κ3) is 5.47. The molecule has 2 N–H and O–H groups in total. The van der Waals surface area contributed by atoms with Crippen molar-refractivity contribution in [2.45, 2.75) is 25.9 Å². The lowest BCUT2D eigenvalue weighted by Crippen LogP contribution is -2.43. The van der Waals surface area contributed by atoms with Crippen molar-refractivity contribution in [3.05, 3.63) is 59.7 Å². The summed E-state index contributed by atoms with van der Waals surface area (Å²) >= 11 is 0. The summed E-state index contributed by atoms with van der Waals surface area (Å²) < 4.78 is 29.3. The van der Waals surface area contributed by atoms with Gasteiger partial charge in [-0.3, -0.25) is 4.99 Å². The Labute approximate surface area is 160 Å². The highest BCUT2D eigenvalue weighted by atomic mass is 32.2. The highest BCUT2D eigenvalue weighted by Crippen LogP contribution is 2.25. The molecule has 0 amide bonds. The van der Waals surface area contributed by atoms with Crippen molar-refractivity contribution in [3.8, 4) is 11.5 Å². The van der Waals surface area contributed by atoms with Crippen LogP contribution < -0.4 is 15.4 Å². The average molecular weight is 388 g/mol. The molecule has 0 bridgehead atoms. The van der Waals surface area contributed by atoms with Gasteiger partial charge >= 0.3 is 0 Å². The number of nitrogens with one attached hydrogen (secondary N) is 2. The molecule has 1 aliphatic rings. The summed E-state index contributed by atoms with van der Waals surface area (Å²) in [5.74, 6) is 2.54. The highest BCUT2D eigenvalue weighted by Gasteiger charge is 2.28. The van der Waals surface area contributed by atoms with Crippen LogP contribution in [-0.2, 0) is 16.4 Å². The second kappa shape index (κ2) is 8.43. The van der Waals surface area contributed by atoms with Gasteiger partial charge in [-0.1, -0.05) is 30.3 Å². The van der Waals surface area contributed by atoms with E-state index >= 15 is 0 Å². The summed E-state index contributed by atoms with van der Waals surface area (Å²) in [4.78, 5) is 4.20. The number of benzene rings is 2. The molecule has 7 heteroatoms. The number of hydrogen-bond acceptors (Lipinski definition) is 4. The monoisotopic (exact) mass is 387 g/mol. The Hall–Kier alpha value is -2.54. The lowest BCUT2D eigenvalue weighted by atomic mass is 10.2. The molecule has 6 nitrogen and oxygen atoms in total. The molecule has 0 radical (unpaired) electrons. The van der Waals surface area contributed by atoms with Crippen molar-refractivity contribution in [3.63, 3.8) is 0 Å². The van der Waals surface area contributed by atoms with Gasteiger partial charge in [0.05, 0.1) is 11.5 Å². The maximum absolute atomic E-state index is 11.6. The summed E-state index contributed by atoms with van der Waals surface area (Å²) in [5, 5.41) is 6.43. The lowest BCUT2D eigenvalue weighted by molar-refractivity contribution is 0.474. The van der Waals surface area contributed by atoms with Gasteiger partial charge in [-0.15, -0.1) is 0 Å². The van der Waals surface area contributed by atoms with Crippen LogP contribution in [0.3, 0.4) is 0 Å². The van der Waals surface area contributed by atoms with E-state index in [-0.39, 0.29) is 17.5 Å². The fraction of sp³-hybridized carbons (Fsp3) is 0.350. The predicted molar refractivity (Wildman–Crippen MR) is 108 cm³/mol. The van der Waals surface area contributed by atoms with Crippen molar-refractivity contribution in [1.82, 2.24) is 10.6 Å². The maximum atomic E-state index is 11.6. The second-order valence-electron chi connectivity index (χ2n) is 6.70. The number of para-hydroxylation sites is 1. The molecule has 3 rings (SSSR count). The summed E-state index contributed by atoms with van der Waals surface area (Å²) in [6, 6.07) is 15.6. The third-order valence-electron chi connectivity index (χ3n) is 4.43. The molecule has 144 valence electrons. The van der Waals surface area contributed by atoms with E-state index < -0.39 is 9.84 Å². The minimum Gasteiger partial charge on any atom is -0.457 e. The van der Waals surface area contributed by atoms with Crippen LogP contribution in [-0.4, -0.2) is 39.0 Å². The van der Waals surface area contributed by atoms with Crippen molar-refractivity contribution >= 4 is 15.8 Å². The Kier molecular flexibility index (Phi) is 6.01. The van der Waals surface area contributed by atoms with E-state index in [2.05, 4.69) is 15.6 Å². The molecule has 0 aromatic heterocycles. The number of sulfone groups is 1. The van der Waals surface area contributed by atoms with Crippen LogP contribution in [0.5, 0.6) is 11.5 Å². The number of aryl methyl sites for hydroxylation is 1. The van der Waals surface area contributed by atoms with Gasteiger partial charge in [-0.25, -0.2) is 8.42 Å². The van der Waals surface area contributed by atoms with Crippen LogP contribution in [0.25, 0.3) is 0 Å². The number of rotatable bonds is 5. The van der Waals surface area contributed by atoms with Gasteiger partial charge in [-0.2, -0.15) is 0 Å². The average Bonchev–Trinajstić information content (AvgIpc) is 2.98. The molecule has 27 heavy (non-hydrogen) atoms.